The molecule has 0 bridgehead atoms. The Hall–Kier alpha value is -2.25. The highest BCUT2D eigenvalue weighted by Crippen LogP contribution is 2.20. The molecule has 0 radical (unpaired) electrons. The zero-order valence-electron chi connectivity index (χ0n) is 10.6. The molecule has 20 heavy (non-hydrogen) atoms. The topological polar surface area (TPSA) is 49.3 Å². The summed E-state index contributed by atoms with van der Waals surface area (Å²) in [6, 6.07) is 12.5. The zero-order chi connectivity index (χ0) is 14.5. The normalized spacial score (nSPS) is 9.80. The standard InChI is InChI=1S/C16H12BrNO2/c1-2-11-4-3-5-14(8-11)18-10-13-7-6-12(16(19)20)9-15(13)17/h1,3-9,18H,10H2,(H,19,20). The summed E-state index contributed by atoms with van der Waals surface area (Å²) in [6.07, 6.45) is 5.35. The van der Waals surface area contributed by atoms with E-state index in [0.29, 0.717) is 6.54 Å². The van der Waals surface area contributed by atoms with E-state index in [2.05, 4.69) is 27.2 Å². The van der Waals surface area contributed by atoms with E-state index in [-0.39, 0.29) is 5.56 Å². The number of carboxylic acids is 1. The molecule has 0 aromatic heterocycles. The lowest BCUT2D eigenvalue weighted by atomic mass is 10.1. The quantitative estimate of drug-likeness (QED) is 0.840. The highest BCUT2D eigenvalue weighted by Gasteiger charge is 2.06. The van der Waals surface area contributed by atoms with Crippen molar-refractivity contribution in [2.45, 2.75) is 6.54 Å². The fourth-order valence-electron chi connectivity index (χ4n) is 1.74. The number of hydrogen-bond acceptors (Lipinski definition) is 2. The smallest absolute Gasteiger partial charge is 0.335 e. The fourth-order valence-corrected chi connectivity index (χ4v) is 2.26. The maximum Gasteiger partial charge on any atom is 0.335 e. The lowest BCUT2D eigenvalue weighted by molar-refractivity contribution is 0.0697. The molecule has 2 N–H and O–H groups in total. The second-order valence-corrected chi connectivity index (χ2v) is 5.04. The van der Waals surface area contributed by atoms with Crippen LogP contribution < -0.4 is 5.32 Å². The monoisotopic (exact) mass is 329 g/mol. The second kappa shape index (κ2) is 6.27. The number of anilines is 1. The number of benzene rings is 2. The van der Waals surface area contributed by atoms with Gasteiger partial charge in [0.25, 0.3) is 0 Å². The van der Waals surface area contributed by atoms with Gasteiger partial charge in [0.2, 0.25) is 0 Å². The molecule has 0 heterocycles. The van der Waals surface area contributed by atoms with Gasteiger partial charge in [0.1, 0.15) is 0 Å². The van der Waals surface area contributed by atoms with Crippen molar-refractivity contribution in [3.05, 3.63) is 63.6 Å². The molecular formula is C16H12BrNO2. The Balaban J connectivity index is 2.11. The van der Waals surface area contributed by atoms with Gasteiger partial charge >= 0.3 is 5.97 Å². The van der Waals surface area contributed by atoms with Crippen LogP contribution >= 0.6 is 15.9 Å². The molecule has 0 aliphatic rings. The zero-order valence-corrected chi connectivity index (χ0v) is 12.1. The third kappa shape index (κ3) is 3.40. The van der Waals surface area contributed by atoms with Crippen LogP contribution in [0.2, 0.25) is 0 Å². The van der Waals surface area contributed by atoms with Gasteiger partial charge in [-0.1, -0.05) is 34.0 Å². The molecule has 0 aliphatic heterocycles. The largest absolute Gasteiger partial charge is 0.478 e. The van der Waals surface area contributed by atoms with E-state index in [0.717, 1.165) is 21.3 Å². The molecule has 2 rings (SSSR count). The maximum atomic E-state index is 10.9. The number of carbonyl (C=O) groups is 1. The van der Waals surface area contributed by atoms with Crippen molar-refractivity contribution in [1.29, 1.82) is 0 Å². The Morgan fingerprint density at radius 2 is 2.10 bits per heavy atom. The summed E-state index contributed by atoms with van der Waals surface area (Å²) in [4.78, 5) is 10.9. The van der Waals surface area contributed by atoms with Crippen LogP contribution in [-0.2, 0) is 6.54 Å². The molecule has 0 unspecified atom stereocenters. The molecular weight excluding hydrogens is 318 g/mol. The number of nitrogens with one attached hydrogen (secondary N) is 1. The van der Waals surface area contributed by atoms with E-state index in [9.17, 15) is 4.79 Å². The Bertz CT molecular complexity index is 689. The minimum absolute atomic E-state index is 0.259. The molecule has 100 valence electrons. The summed E-state index contributed by atoms with van der Waals surface area (Å²) < 4.78 is 0.762. The average Bonchev–Trinajstić information content (AvgIpc) is 2.46. The third-order valence-electron chi connectivity index (χ3n) is 2.81. The summed E-state index contributed by atoms with van der Waals surface area (Å²) in [5.41, 5.74) is 2.97. The molecule has 2 aromatic rings. The number of aromatic carboxylic acids is 1. The molecule has 0 fully saturated rings. The lowest BCUT2D eigenvalue weighted by Crippen LogP contribution is -2.02. The first kappa shape index (κ1) is 14.2. The van der Waals surface area contributed by atoms with Crippen LogP contribution in [0.25, 0.3) is 0 Å². The molecule has 4 heteroatoms. The van der Waals surface area contributed by atoms with Crippen LogP contribution in [0.5, 0.6) is 0 Å². The van der Waals surface area contributed by atoms with Crippen LogP contribution in [0.3, 0.4) is 0 Å². The van der Waals surface area contributed by atoms with Gasteiger partial charge in [-0.25, -0.2) is 4.79 Å². The first-order valence-electron chi connectivity index (χ1n) is 5.92. The molecule has 0 saturated carbocycles. The number of carboxylic acid groups (broad SMARTS) is 1. The Morgan fingerprint density at radius 3 is 2.75 bits per heavy atom. The van der Waals surface area contributed by atoms with Gasteiger partial charge < -0.3 is 10.4 Å². The van der Waals surface area contributed by atoms with E-state index in [1.165, 1.54) is 0 Å². The molecule has 2 aromatic carbocycles. The molecule has 0 amide bonds. The third-order valence-corrected chi connectivity index (χ3v) is 3.55. The minimum Gasteiger partial charge on any atom is -0.478 e. The van der Waals surface area contributed by atoms with Crippen LogP contribution in [0.15, 0.2) is 46.9 Å². The van der Waals surface area contributed by atoms with E-state index >= 15 is 0 Å². The predicted octanol–water partition coefficient (Wildman–Crippen LogP) is 3.74. The summed E-state index contributed by atoms with van der Waals surface area (Å²) >= 11 is 3.38. The molecule has 0 saturated heterocycles. The van der Waals surface area contributed by atoms with Crippen LogP contribution in [0, 0.1) is 12.3 Å². The molecule has 3 nitrogen and oxygen atoms in total. The number of terminal acetylenes is 1. The van der Waals surface area contributed by atoms with Crippen molar-refractivity contribution in [1.82, 2.24) is 0 Å². The van der Waals surface area contributed by atoms with Crippen molar-refractivity contribution >= 4 is 27.6 Å². The van der Waals surface area contributed by atoms with Gasteiger partial charge in [0, 0.05) is 22.3 Å². The first-order chi connectivity index (χ1) is 9.60. The maximum absolute atomic E-state index is 10.9. The van der Waals surface area contributed by atoms with Crippen LogP contribution in [0.1, 0.15) is 21.5 Å². The van der Waals surface area contributed by atoms with Gasteiger partial charge in [-0.15, -0.1) is 6.42 Å². The fraction of sp³-hybridized carbons (Fsp3) is 0.0625. The van der Waals surface area contributed by atoms with Crippen molar-refractivity contribution in [2.75, 3.05) is 5.32 Å². The first-order valence-corrected chi connectivity index (χ1v) is 6.71. The molecule has 0 atom stereocenters. The van der Waals surface area contributed by atoms with Crippen molar-refractivity contribution in [2.24, 2.45) is 0 Å². The summed E-state index contributed by atoms with van der Waals surface area (Å²) in [6.45, 7) is 0.578. The molecule has 0 spiro atoms. The van der Waals surface area contributed by atoms with Crippen molar-refractivity contribution in [3.63, 3.8) is 0 Å². The van der Waals surface area contributed by atoms with Gasteiger partial charge in [0.15, 0.2) is 0 Å². The van der Waals surface area contributed by atoms with Gasteiger partial charge in [-0.2, -0.15) is 0 Å². The van der Waals surface area contributed by atoms with Crippen LogP contribution in [0.4, 0.5) is 5.69 Å². The lowest BCUT2D eigenvalue weighted by Gasteiger charge is -2.09. The minimum atomic E-state index is -0.938. The van der Waals surface area contributed by atoms with Crippen molar-refractivity contribution in [3.8, 4) is 12.3 Å². The van der Waals surface area contributed by atoms with E-state index in [1.54, 1.807) is 18.2 Å². The van der Waals surface area contributed by atoms with E-state index in [1.807, 2.05) is 24.3 Å². The highest BCUT2D eigenvalue weighted by atomic mass is 79.9. The second-order valence-electron chi connectivity index (χ2n) is 4.19. The highest BCUT2D eigenvalue weighted by molar-refractivity contribution is 9.10. The van der Waals surface area contributed by atoms with Crippen LogP contribution in [-0.4, -0.2) is 11.1 Å². The Labute approximate surface area is 125 Å². The number of hydrogen-bond donors (Lipinski definition) is 2. The van der Waals surface area contributed by atoms with Crippen molar-refractivity contribution < 1.29 is 9.90 Å². The summed E-state index contributed by atoms with van der Waals surface area (Å²) in [5, 5.41) is 12.2. The SMILES string of the molecule is C#Cc1cccc(NCc2ccc(C(=O)O)cc2Br)c1. The Kier molecular flexibility index (Phi) is 4.44. The summed E-state index contributed by atoms with van der Waals surface area (Å²) in [5.74, 6) is 1.64. The van der Waals surface area contributed by atoms with Gasteiger partial charge in [-0.3, -0.25) is 0 Å². The number of rotatable bonds is 4. The van der Waals surface area contributed by atoms with E-state index in [4.69, 9.17) is 11.5 Å². The van der Waals surface area contributed by atoms with Gasteiger partial charge in [0.05, 0.1) is 5.56 Å². The number of halogens is 1. The van der Waals surface area contributed by atoms with E-state index < -0.39 is 5.97 Å². The average molecular weight is 330 g/mol. The van der Waals surface area contributed by atoms with Gasteiger partial charge in [-0.05, 0) is 35.9 Å². The predicted molar refractivity (Wildman–Crippen MR) is 82.8 cm³/mol. The molecule has 0 aliphatic carbocycles. The summed E-state index contributed by atoms with van der Waals surface area (Å²) in [7, 11) is 0. The Morgan fingerprint density at radius 1 is 1.30 bits per heavy atom.